The fourth-order valence-electron chi connectivity index (χ4n) is 1.21. The monoisotopic (exact) mass is 340 g/mol. The zero-order chi connectivity index (χ0) is 11.0. The van der Waals surface area contributed by atoms with Crippen LogP contribution in [0.5, 0.6) is 0 Å². The van der Waals surface area contributed by atoms with Crippen LogP contribution in [0, 0.1) is 6.92 Å². The van der Waals surface area contributed by atoms with Gasteiger partial charge in [0.1, 0.15) is 5.38 Å². The molecule has 2 aromatic rings. The van der Waals surface area contributed by atoms with Crippen LogP contribution in [0.3, 0.4) is 0 Å². The van der Waals surface area contributed by atoms with Crippen LogP contribution in [0.2, 0.25) is 4.34 Å². The SMILES string of the molecule is Cc1cc(C(Cl)c2ccc(Cl)s2)sc1Br. The molecule has 0 bridgehead atoms. The van der Waals surface area contributed by atoms with E-state index in [-0.39, 0.29) is 5.38 Å². The predicted octanol–water partition coefficient (Wildman–Crippen LogP) is 5.86. The number of rotatable bonds is 2. The number of hydrogen-bond acceptors (Lipinski definition) is 2. The van der Waals surface area contributed by atoms with Gasteiger partial charge in [-0.05, 0) is 46.6 Å². The largest absolute Gasteiger partial charge is 0.131 e. The summed E-state index contributed by atoms with van der Waals surface area (Å²) in [5, 5.41) is -0.0856. The van der Waals surface area contributed by atoms with Crippen LogP contribution in [0.4, 0.5) is 0 Å². The maximum atomic E-state index is 6.37. The maximum Gasteiger partial charge on any atom is 0.102 e. The molecule has 0 aliphatic carbocycles. The number of thiophene rings is 2. The summed E-state index contributed by atoms with van der Waals surface area (Å²) in [6.07, 6.45) is 0. The van der Waals surface area contributed by atoms with Crippen LogP contribution in [0.1, 0.15) is 20.7 Å². The van der Waals surface area contributed by atoms with E-state index in [0.717, 1.165) is 17.9 Å². The average Bonchev–Trinajstić information content (AvgIpc) is 2.74. The highest BCUT2D eigenvalue weighted by Gasteiger charge is 2.16. The lowest BCUT2D eigenvalue weighted by Crippen LogP contribution is -1.84. The average molecular weight is 342 g/mol. The zero-order valence-corrected chi connectivity index (χ0v) is 12.5. The molecule has 0 aromatic carbocycles. The van der Waals surface area contributed by atoms with E-state index in [1.54, 1.807) is 11.3 Å². The number of halogens is 3. The summed E-state index contributed by atoms with van der Waals surface area (Å²) >= 11 is 19.0. The van der Waals surface area contributed by atoms with Gasteiger partial charge in [0.25, 0.3) is 0 Å². The van der Waals surface area contributed by atoms with Crippen LogP contribution < -0.4 is 0 Å². The second kappa shape index (κ2) is 4.76. The fourth-order valence-corrected chi connectivity index (χ4v) is 4.32. The van der Waals surface area contributed by atoms with Crippen molar-refractivity contribution in [2.45, 2.75) is 12.3 Å². The van der Waals surface area contributed by atoms with Gasteiger partial charge in [-0.1, -0.05) is 11.6 Å². The van der Waals surface area contributed by atoms with Crippen LogP contribution in [0.25, 0.3) is 0 Å². The molecule has 0 nitrogen and oxygen atoms in total. The van der Waals surface area contributed by atoms with Crippen molar-refractivity contribution in [3.8, 4) is 0 Å². The van der Waals surface area contributed by atoms with E-state index >= 15 is 0 Å². The van der Waals surface area contributed by atoms with Crippen molar-refractivity contribution in [2.24, 2.45) is 0 Å². The quantitative estimate of drug-likeness (QED) is 0.600. The molecule has 15 heavy (non-hydrogen) atoms. The van der Waals surface area contributed by atoms with E-state index in [9.17, 15) is 0 Å². The number of alkyl halides is 1. The molecule has 0 aliphatic heterocycles. The van der Waals surface area contributed by atoms with Crippen LogP contribution >= 0.6 is 61.8 Å². The maximum absolute atomic E-state index is 6.37. The van der Waals surface area contributed by atoms with E-state index in [1.807, 2.05) is 12.1 Å². The third-order valence-electron chi connectivity index (χ3n) is 1.97. The second-order valence-electron chi connectivity index (χ2n) is 3.11. The molecule has 0 radical (unpaired) electrons. The summed E-state index contributed by atoms with van der Waals surface area (Å²) < 4.78 is 1.92. The molecule has 0 N–H and O–H groups in total. The Balaban J connectivity index is 2.31. The summed E-state index contributed by atoms with van der Waals surface area (Å²) in [5.74, 6) is 0. The van der Waals surface area contributed by atoms with Gasteiger partial charge in [-0.3, -0.25) is 0 Å². The summed E-state index contributed by atoms with van der Waals surface area (Å²) in [7, 11) is 0. The minimum absolute atomic E-state index is 0.0856. The topological polar surface area (TPSA) is 0 Å². The predicted molar refractivity (Wildman–Crippen MR) is 73.8 cm³/mol. The normalized spacial score (nSPS) is 13.1. The Morgan fingerprint density at radius 1 is 1.27 bits per heavy atom. The first-order chi connectivity index (χ1) is 7.08. The molecule has 0 spiro atoms. The minimum atomic E-state index is -0.0856. The first kappa shape index (κ1) is 11.9. The minimum Gasteiger partial charge on any atom is -0.131 e. The highest BCUT2D eigenvalue weighted by molar-refractivity contribution is 9.11. The van der Waals surface area contributed by atoms with E-state index in [2.05, 4.69) is 28.9 Å². The van der Waals surface area contributed by atoms with Gasteiger partial charge in [0, 0.05) is 9.75 Å². The first-order valence-electron chi connectivity index (χ1n) is 4.23. The van der Waals surface area contributed by atoms with E-state index in [0.29, 0.717) is 0 Å². The van der Waals surface area contributed by atoms with Gasteiger partial charge in [0.2, 0.25) is 0 Å². The standard InChI is InChI=1S/C10H7BrCl2S2/c1-5-4-7(15-10(5)11)9(13)6-2-3-8(12)14-6/h2-4,9H,1H3. The summed E-state index contributed by atoms with van der Waals surface area (Å²) in [6, 6.07) is 5.97. The van der Waals surface area contributed by atoms with Crippen molar-refractivity contribution in [2.75, 3.05) is 0 Å². The van der Waals surface area contributed by atoms with Gasteiger partial charge in [0.15, 0.2) is 0 Å². The highest BCUT2D eigenvalue weighted by Crippen LogP contribution is 2.40. The Kier molecular flexibility index (Phi) is 3.79. The Labute approximate surface area is 115 Å². The van der Waals surface area contributed by atoms with Gasteiger partial charge in [-0.2, -0.15) is 0 Å². The molecule has 0 amide bonds. The van der Waals surface area contributed by atoms with Gasteiger partial charge in [-0.25, -0.2) is 0 Å². The molecule has 0 fully saturated rings. The summed E-state index contributed by atoms with van der Waals surface area (Å²) in [6.45, 7) is 2.06. The molecule has 0 aliphatic rings. The third-order valence-corrected chi connectivity index (χ3v) is 6.20. The molecule has 2 heterocycles. The van der Waals surface area contributed by atoms with Gasteiger partial charge >= 0.3 is 0 Å². The molecule has 5 heteroatoms. The lowest BCUT2D eigenvalue weighted by Gasteiger charge is -2.02. The molecule has 1 atom stereocenters. The second-order valence-corrected chi connectivity index (χ2v) is 7.69. The summed E-state index contributed by atoms with van der Waals surface area (Å²) in [4.78, 5) is 2.25. The van der Waals surface area contributed by atoms with E-state index in [1.165, 1.54) is 16.9 Å². The Hall–Kier alpha value is 0.460. The van der Waals surface area contributed by atoms with Crippen molar-refractivity contribution >= 4 is 61.8 Å². The Bertz CT molecular complexity index is 456. The molecule has 2 aromatic heterocycles. The molecule has 80 valence electrons. The van der Waals surface area contributed by atoms with Crippen molar-refractivity contribution in [3.63, 3.8) is 0 Å². The molecule has 1 unspecified atom stereocenters. The van der Waals surface area contributed by atoms with Gasteiger partial charge < -0.3 is 0 Å². The Morgan fingerprint density at radius 2 is 2.00 bits per heavy atom. The van der Waals surface area contributed by atoms with E-state index in [4.69, 9.17) is 23.2 Å². The molecule has 0 saturated carbocycles. The lowest BCUT2D eigenvalue weighted by molar-refractivity contribution is 1.23. The number of aryl methyl sites for hydroxylation is 1. The molecular formula is C10H7BrCl2S2. The van der Waals surface area contributed by atoms with Crippen molar-refractivity contribution in [3.05, 3.63) is 41.6 Å². The first-order valence-corrected chi connectivity index (χ1v) is 7.47. The lowest BCUT2D eigenvalue weighted by atomic mass is 10.2. The van der Waals surface area contributed by atoms with E-state index < -0.39 is 0 Å². The Morgan fingerprint density at radius 3 is 2.47 bits per heavy atom. The molecule has 0 saturated heterocycles. The van der Waals surface area contributed by atoms with Crippen LogP contribution in [0.15, 0.2) is 22.0 Å². The van der Waals surface area contributed by atoms with Crippen molar-refractivity contribution in [1.82, 2.24) is 0 Å². The third kappa shape index (κ3) is 2.59. The van der Waals surface area contributed by atoms with Gasteiger partial charge in [0.05, 0.1) is 8.12 Å². The van der Waals surface area contributed by atoms with Crippen molar-refractivity contribution < 1.29 is 0 Å². The highest BCUT2D eigenvalue weighted by atomic mass is 79.9. The zero-order valence-electron chi connectivity index (χ0n) is 7.76. The number of hydrogen-bond donors (Lipinski definition) is 0. The van der Waals surface area contributed by atoms with Crippen LogP contribution in [-0.4, -0.2) is 0 Å². The molecular weight excluding hydrogens is 335 g/mol. The van der Waals surface area contributed by atoms with Gasteiger partial charge in [-0.15, -0.1) is 34.3 Å². The molecule has 2 rings (SSSR count). The van der Waals surface area contributed by atoms with Crippen molar-refractivity contribution in [1.29, 1.82) is 0 Å². The summed E-state index contributed by atoms with van der Waals surface area (Å²) in [5.41, 5.74) is 1.23. The smallest absolute Gasteiger partial charge is 0.102 e. The fraction of sp³-hybridized carbons (Fsp3) is 0.200. The van der Waals surface area contributed by atoms with Crippen LogP contribution in [-0.2, 0) is 0 Å².